The molecule has 0 aromatic carbocycles. The van der Waals surface area contributed by atoms with E-state index in [-0.39, 0.29) is 11.9 Å². The molecule has 5 nitrogen and oxygen atoms in total. The molecular formula is C17H26N2O3S. The second-order valence-electron chi connectivity index (χ2n) is 6.48. The van der Waals surface area contributed by atoms with Gasteiger partial charge in [-0.1, -0.05) is 6.07 Å². The summed E-state index contributed by atoms with van der Waals surface area (Å²) in [6.45, 7) is 3.88. The molecule has 1 aromatic heterocycles. The van der Waals surface area contributed by atoms with Crippen LogP contribution in [0, 0.1) is 5.92 Å². The van der Waals surface area contributed by atoms with Crippen LogP contribution < -0.4 is 5.32 Å². The highest BCUT2D eigenvalue weighted by atomic mass is 32.1. The van der Waals surface area contributed by atoms with Gasteiger partial charge < -0.3 is 20.1 Å². The van der Waals surface area contributed by atoms with Crippen LogP contribution in [0.15, 0.2) is 17.5 Å². The standard InChI is InChI=1S/C17H26N2O3S/c20-15(16-2-1-9-23-16)10-14-12-22-8-7-19(14)17(21)4-3-13-5-6-18-11-13/h1-2,9,13-15,18,20H,3-8,10-12H2. The summed E-state index contributed by atoms with van der Waals surface area (Å²) in [4.78, 5) is 15.5. The molecule has 3 heterocycles. The third-order valence-corrected chi connectivity index (χ3v) is 5.82. The van der Waals surface area contributed by atoms with E-state index in [0.717, 1.165) is 24.4 Å². The molecule has 0 aliphatic carbocycles. The van der Waals surface area contributed by atoms with Crippen LogP contribution in [0.25, 0.3) is 0 Å². The van der Waals surface area contributed by atoms with Crippen molar-refractivity contribution in [2.24, 2.45) is 5.92 Å². The zero-order chi connectivity index (χ0) is 16.1. The molecule has 6 heteroatoms. The van der Waals surface area contributed by atoms with Crippen molar-refractivity contribution < 1.29 is 14.6 Å². The molecule has 0 spiro atoms. The molecule has 0 saturated carbocycles. The van der Waals surface area contributed by atoms with Crippen LogP contribution in [0.3, 0.4) is 0 Å². The summed E-state index contributed by atoms with van der Waals surface area (Å²) < 4.78 is 5.55. The number of aliphatic hydroxyl groups is 1. The van der Waals surface area contributed by atoms with E-state index in [1.165, 1.54) is 6.42 Å². The summed E-state index contributed by atoms with van der Waals surface area (Å²) >= 11 is 1.56. The number of aliphatic hydroxyl groups excluding tert-OH is 1. The topological polar surface area (TPSA) is 61.8 Å². The minimum atomic E-state index is -0.518. The Bertz CT molecular complexity index is 488. The maximum Gasteiger partial charge on any atom is 0.222 e. The third-order valence-electron chi connectivity index (χ3n) is 4.84. The Balaban J connectivity index is 1.53. The Labute approximate surface area is 141 Å². The number of morpholine rings is 1. The van der Waals surface area contributed by atoms with Gasteiger partial charge in [0.05, 0.1) is 25.4 Å². The average Bonchev–Trinajstić information content (AvgIpc) is 3.26. The maximum atomic E-state index is 12.6. The van der Waals surface area contributed by atoms with Crippen LogP contribution in [0.5, 0.6) is 0 Å². The van der Waals surface area contributed by atoms with Crippen LogP contribution >= 0.6 is 11.3 Å². The second-order valence-corrected chi connectivity index (χ2v) is 7.46. The monoisotopic (exact) mass is 338 g/mol. The molecule has 2 aliphatic heterocycles. The number of amides is 1. The molecule has 2 fully saturated rings. The minimum Gasteiger partial charge on any atom is -0.387 e. The highest BCUT2D eigenvalue weighted by Crippen LogP contribution is 2.26. The molecule has 1 aromatic rings. The fraction of sp³-hybridized carbons (Fsp3) is 0.706. The van der Waals surface area contributed by atoms with E-state index >= 15 is 0 Å². The SMILES string of the molecule is O=C(CCC1CCNC1)N1CCOCC1CC(O)c1cccs1. The van der Waals surface area contributed by atoms with E-state index in [4.69, 9.17) is 4.74 Å². The second kappa shape index (κ2) is 8.24. The number of carbonyl (C=O) groups excluding carboxylic acids is 1. The Morgan fingerprint density at radius 1 is 1.57 bits per heavy atom. The first-order chi connectivity index (χ1) is 11.2. The van der Waals surface area contributed by atoms with Crippen molar-refractivity contribution in [3.8, 4) is 0 Å². The Morgan fingerprint density at radius 2 is 2.48 bits per heavy atom. The van der Waals surface area contributed by atoms with Gasteiger partial charge in [0.1, 0.15) is 0 Å². The van der Waals surface area contributed by atoms with Gasteiger partial charge in [-0.15, -0.1) is 11.3 Å². The Hall–Kier alpha value is -0.950. The van der Waals surface area contributed by atoms with Gasteiger partial charge in [0.15, 0.2) is 0 Å². The molecule has 3 unspecified atom stereocenters. The van der Waals surface area contributed by atoms with Crippen molar-refractivity contribution >= 4 is 17.2 Å². The lowest BCUT2D eigenvalue weighted by Gasteiger charge is -2.36. The summed E-state index contributed by atoms with van der Waals surface area (Å²) in [5, 5.41) is 15.7. The fourth-order valence-electron chi connectivity index (χ4n) is 3.47. The summed E-state index contributed by atoms with van der Waals surface area (Å²) in [5.41, 5.74) is 0. The molecule has 2 aliphatic rings. The van der Waals surface area contributed by atoms with Gasteiger partial charge in [0, 0.05) is 24.3 Å². The normalized spacial score (nSPS) is 26.4. The van der Waals surface area contributed by atoms with Crippen molar-refractivity contribution in [1.29, 1.82) is 0 Å². The van der Waals surface area contributed by atoms with E-state index < -0.39 is 6.10 Å². The molecule has 0 radical (unpaired) electrons. The molecule has 2 saturated heterocycles. The molecular weight excluding hydrogens is 312 g/mol. The van der Waals surface area contributed by atoms with Crippen LogP contribution in [0.1, 0.15) is 36.7 Å². The molecule has 1 amide bonds. The largest absolute Gasteiger partial charge is 0.387 e. The Morgan fingerprint density at radius 3 is 3.22 bits per heavy atom. The maximum absolute atomic E-state index is 12.6. The lowest BCUT2D eigenvalue weighted by atomic mass is 10.0. The number of rotatable bonds is 6. The quantitative estimate of drug-likeness (QED) is 0.830. The van der Waals surface area contributed by atoms with Gasteiger partial charge in [-0.3, -0.25) is 4.79 Å². The first-order valence-corrected chi connectivity index (χ1v) is 9.41. The number of ether oxygens (including phenoxy) is 1. The predicted octanol–water partition coefficient (Wildman–Crippen LogP) is 1.79. The zero-order valence-electron chi connectivity index (χ0n) is 13.4. The lowest BCUT2D eigenvalue weighted by Crippen LogP contribution is -2.49. The van der Waals surface area contributed by atoms with Gasteiger partial charge in [-0.2, -0.15) is 0 Å². The smallest absolute Gasteiger partial charge is 0.222 e. The highest BCUT2D eigenvalue weighted by molar-refractivity contribution is 7.10. The van der Waals surface area contributed by atoms with E-state index in [0.29, 0.717) is 38.5 Å². The minimum absolute atomic E-state index is 0.0185. The number of nitrogens with zero attached hydrogens (tertiary/aromatic N) is 1. The number of hydrogen-bond acceptors (Lipinski definition) is 5. The van der Waals surface area contributed by atoms with Gasteiger partial charge in [0.2, 0.25) is 5.91 Å². The third kappa shape index (κ3) is 4.53. The van der Waals surface area contributed by atoms with Crippen molar-refractivity contribution in [2.45, 2.75) is 37.8 Å². The number of thiophene rings is 1. The van der Waals surface area contributed by atoms with Gasteiger partial charge in [0.25, 0.3) is 0 Å². The zero-order valence-corrected chi connectivity index (χ0v) is 14.3. The molecule has 128 valence electrons. The van der Waals surface area contributed by atoms with E-state index in [2.05, 4.69) is 5.32 Å². The molecule has 0 bridgehead atoms. The average molecular weight is 338 g/mol. The number of nitrogens with one attached hydrogen (secondary N) is 1. The lowest BCUT2D eigenvalue weighted by molar-refractivity contribution is -0.141. The summed E-state index contributed by atoms with van der Waals surface area (Å²) in [5.74, 6) is 0.846. The number of hydrogen-bond donors (Lipinski definition) is 2. The van der Waals surface area contributed by atoms with Crippen LogP contribution in [0.2, 0.25) is 0 Å². The van der Waals surface area contributed by atoms with E-state index in [9.17, 15) is 9.90 Å². The van der Waals surface area contributed by atoms with Crippen LogP contribution in [0.4, 0.5) is 0 Å². The van der Waals surface area contributed by atoms with Crippen LogP contribution in [-0.2, 0) is 9.53 Å². The molecule has 23 heavy (non-hydrogen) atoms. The van der Waals surface area contributed by atoms with Crippen molar-refractivity contribution in [2.75, 3.05) is 32.8 Å². The Kier molecular flexibility index (Phi) is 6.05. The first-order valence-electron chi connectivity index (χ1n) is 8.53. The summed E-state index contributed by atoms with van der Waals surface area (Å²) in [6.07, 6.45) is 2.78. The summed E-state index contributed by atoms with van der Waals surface area (Å²) in [6, 6.07) is 3.87. The van der Waals surface area contributed by atoms with Gasteiger partial charge in [-0.25, -0.2) is 0 Å². The van der Waals surface area contributed by atoms with E-state index in [1.54, 1.807) is 11.3 Å². The van der Waals surface area contributed by atoms with Crippen molar-refractivity contribution in [3.63, 3.8) is 0 Å². The van der Waals surface area contributed by atoms with Gasteiger partial charge >= 0.3 is 0 Å². The first kappa shape index (κ1) is 16.9. The fourth-order valence-corrected chi connectivity index (χ4v) is 4.19. The van der Waals surface area contributed by atoms with Crippen LogP contribution in [-0.4, -0.2) is 54.8 Å². The predicted molar refractivity (Wildman–Crippen MR) is 90.4 cm³/mol. The highest BCUT2D eigenvalue weighted by Gasteiger charge is 2.30. The van der Waals surface area contributed by atoms with E-state index in [1.807, 2.05) is 22.4 Å². The number of carbonyl (C=O) groups is 1. The molecule has 3 atom stereocenters. The van der Waals surface area contributed by atoms with Crippen molar-refractivity contribution in [1.82, 2.24) is 10.2 Å². The molecule has 2 N–H and O–H groups in total. The van der Waals surface area contributed by atoms with Crippen molar-refractivity contribution in [3.05, 3.63) is 22.4 Å². The van der Waals surface area contributed by atoms with Gasteiger partial charge in [-0.05, 0) is 43.3 Å². The molecule has 3 rings (SSSR count). The summed E-state index contributed by atoms with van der Waals surface area (Å²) in [7, 11) is 0.